The van der Waals surface area contributed by atoms with E-state index in [4.69, 9.17) is 0 Å². The summed E-state index contributed by atoms with van der Waals surface area (Å²) in [5.41, 5.74) is 1.38. The monoisotopic (exact) mass is 387 g/mol. The van der Waals surface area contributed by atoms with Crippen molar-refractivity contribution >= 4 is 30.7 Å². The van der Waals surface area contributed by atoms with Gasteiger partial charge in [-0.3, -0.25) is 9.69 Å². The maximum atomic E-state index is 12.6. The molecule has 142 valence electrons. The predicted molar refractivity (Wildman–Crippen MR) is 108 cm³/mol. The number of carbonyl (C=O) groups is 1. The molecule has 0 bridgehead atoms. The normalized spacial score (nSPS) is 21.7. The lowest BCUT2D eigenvalue weighted by Crippen LogP contribution is -2.49. The molecule has 0 saturated carbocycles. The van der Waals surface area contributed by atoms with Crippen LogP contribution < -0.4 is 5.32 Å². The van der Waals surface area contributed by atoms with Gasteiger partial charge >= 0.3 is 0 Å². The summed E-state index contributed by atoms with van der Waals surface area (Å²) in [6, 6.07) is 11.1. The molecule has 0 spiro atoms. The van der Waals surface area contributed by atoms with Crippen LogP contribution >= 0.6 is 24.8 Å². The highest BCUT2D eigenvalue weighted by Gasteiger charge is 2.30. The molecule has 0 radical (unpaired) electrons. The largest absolute Gasteiger partial charge is 0.342 e. The van der Waals surface area contributed by atoms with Crippen LogP contribution in [0.15, 0.2) is 30.3 Å². The number of benzene rings is 1. The topological polar surface area (TPSA) is 35.6 Å². The van der Waals surface area contributed by atoms with Gasteiger partial charge in [0.2, 0.25) is 5.91 Å². The standard InChI is InChI=1S/C19H29N3O.2ClH/c1-21(19(23)17-8-5-11-20-14-17)18-9-12-22(13-10-18)15-16-6-3-2-4-7-16;;/h2-4,6-7,17-18,20H,5,8-15H2,1H3;2*1H. The van der Waals surface area contributed by atoms with Gasteiger partial charge in [-0.1, -0.05) is 30.3 Å². The molecule has 6 heteroatoms. The van der Waals surface area contributed by atoms with Gasteiger partial charge in [0.05, 0.1) is 5.92 Å². The molecule has 1 atom stereocenters. The van der Waals surface area contributed by atoms with Gasteiger partial charge in [-0.25, -0.2) is 0 Å². The molecule has 0 aromatic heterocycles. The Morgan fingerprint density at radius 3 is 2.44 bits per heavy atom. The molecule has 0 aliphatic carbocycles. The molecule has 1 amide bonds. The van der Waals surface area contributed by atoms with Crippen molar-refractivity contribution in [3.8, 4) is 0 Å². The predicted octanol–water partition coefficient (Wildman–Crippen LogP) is 2.95. The first-order valence-electron chi connectivity index (χ1n) is 8.97. The van der Waals surface area contributed by atoms with Crippen LogP contribution in [0.25, 0.3) is 0 Å². The third kappa shape index (κ3) is 6.14. The van der Waals surface area contributed by atoms with Crippen molar-refractivity contribution in [2.24, 2.45) is 5.92 Å². The van der Waals surface area contributed by atoms with Crippen molar-refractivity contribution in [1.82, 2.24) is 15.1 Å². The Balaban J connectivity index is 0.00000156. The highest BCUT2D eigenvalue weighted by Crippen LogP contribution is 2.21. The molecular weight excluding hydrogens is 357 g/mol. The van der Waals surface area contributed by atoms with Gasteiger partial charge in [0.1, 0.15) is 0 Å². The summed E-state index contributed by atoms with van der Waals surface area (Å²) in [6.45, 7) is 5.11. The second-order valence-electron chi connectivity index (χ2n) is 6.99. The van der Waals surface area contributed by atoms with E-state index in [9.17, 15) is 4.79 Å². The summed E-state index contributed by atoms with van der Waals surface area (Å²) in [5.74, 6) is 0.537. The molecule has 25 heavy (non-hydrogen) atoms. The average molecular weight is 388 g/mol. The van der Waals surface area contributed by atoms with Crippen molar-refractivity contribution in [2.75, 3.05) is 33.2 Å². The minimum atomic E-state index is 0. The van der Waals surface area contributed by atoms with Crippen molar-refractivity contribution in [2.45, 2.75) is 38.3 Å². The van der Waals surface area contributed by atoms with Gasteiger partial charge in [-0.05, 0) is 37.8 Å². The van der Waals surface area contributed by atoms with Crippen LogP contribution in [0.3, 0.4) is 0 Å². The number of hydrogen-bond acceptors (Lipinski definition) is 3. The van der Waals surface area contributed by atoms with E-state index in [0.29, 0.717) is 11.9 Å². The minimum absolute atomic E-state index is 0. The maximum absolute atomic E-state index is 12.6. The number of nitrogens with zero attached hydrogens (tertiary/aromatic N) is 2. The first kappa shape index (κ1) is 22.2. The Bertz CT molecular complexity index is 501. The van der Waals surface area contributed by atoms with Crippen LogP contribution in [0.2, 0.25) is 0 Å². The van der Waals surface area contributed by atoms with Crippen LogP contribution in [0, 0.1) is 5.92 Å². The fraction of sp³-hybridized carbons (Fsp3) is 0.632. The quantitative estimate of drug-likeness (QED) is 0.862. The lowest BCUT2D eigenvalue weighted by atomic mass is 9.96. The molecule has 1 N–H and O–H groups in total. The maximum Gasteiger partial charge on any atom is 0.226 e. The summed E-state index contributed by atoms with van der Waals surface area (Å²) in [7, 11) is 2.01. The molecule has 1 aromatic rings. The van der Waals surface area contributed by atoms with E-state index in [-0.39, 0.29) is 30.7 Å². The lowest BCUT2D eigenvalue weighted by Gasteiger charge is -2.38. The summed E-state index contributed by atoms with van der Waals surface area (Å²) >= 11 is 0. The van der Waals surface area contributed by atoms with Crippen molar-refractivity contribution in [3.05, 3.63) is 35.9 Å². The van der Waals surface area contributed by atoms with E-state index in [1.165, 1.54) is 5.56 Å². The number of piperidine rings is 2. The number of rotatable bonds is 4. The Hall–Kier alpha value is -0.810. The van der Waals surface area contributed by atoms with Crippen molar-refractivity contribution < 1.29 is 4.79 Å². The second kappa shape index (κ2) is 11.0. The van der Waals surface area contributed by atoms with Crippen LogP contribution in [0.4, 0.5) is 0 Å². The Morgan fingerprint density at radius 1 is 1.16 bits per heavy atom. The SMILES string of the molecule is CN(C(=O)C1CCCNC1)C1CCN(Cc2ccccc2)CC1.Cl.Cl. The van der Waals surface area contributed by atoms with Gasteiger partial charge in [-0.15, -0.1) is 24.8 Å². The summed E-state index contributed by atoms with van der Waals surface area (Å²) in [4.78, 5) is 17.2. The second-order valence-corrected chi connectivity index (χ2v) is 6.99. The van der Waals surface area contributed by atoms with Crippen molar-refractivity contribution in [3.63, 3.8) is 0 Å². The smallest absolute Gasteiger partial charge is 0.226 e. The van der Waals surface area contributed by atoms with Crippen LogP contribution in [0.1, 0.15) is 31.2 Å². The van der Waals surface area contributed by atoms with Crippen LogP contribution in [0.5, 0.6) is 0 Å². The first-order valence-corrected chi connectivity index (χ1v) is 8.97. The van der Waals surface area contributed by atoms with Gasteiger partial charge < -0.3 is 10.2 Å². The van der Waals surface area contributed by atoms with Gasteiger partial charge in [0.25, 0.3) is 0 Å². The molecule has 1 unspecified atom stereocenters. The lowest BCUT2D eigenvalue weighted by molar-refractivity contribution is -0.137. The van der Waals surface area contributed by atoms with E-state index in [1.807, 2.05) is 11.9 Å². The van der Waals surface area contributed by atoms with Crippen LogP contribution in [-0.2, 0) is 11.3 Å². The van der Waals surface area contributed by atoms with Gasteiger partial charge in [0, 0.05) is 39.3 Å². The molecule has 1 aromatic carbocycles. The number of hydrogen-bond donors (Lipinski definition) is 1. The third-order valence-electron chi connectivity index (χ3n) is 5.35. The number of halogens is 2. The van der Waals surface area contributed by atoms with E-state index < -0.39 is 0 Å². The zero-order valence-electron chi connectivity index (χ0n) is 15.0. The Kier molecular flexibility index (Phi) is 9.80. The number of likely N-dealkylation sites (tertiary alicyclic amines) is 1. The molecule has 2 aliphatic rings. The third-order valence-corrected chi connectivity index (χ3v) is 5.35. The van der Waals surface area contributed by atoms with E-state index in [0.717, 1.165) is 58.4 Å². The summed E-state index contributed by atoms with van der Waals surface area (Å²) in [6.07, 6.45) is 4.35. The Labute approximate surface area is 164 Å². The molecule has 2 saturated heterocycles. The summed E-state index contributed by atoms with van der Waals surface area (Å²) < 4.78 is 0. The molecule has 2 heterocycles. The molecule has 4 nitrogen and oxygen atoms in total. The zero-order valence-corrected chi connectivity index (χ0v) is 16.7. The van der Waals surface area contributed by atoms with Gasteiger partial charge in [-0.2, -0.15) is 0 Å². The first-order chi connectivity index (χ1) is 11.2. The van der Waals surface area contributed by atoms with E-state index in [1.54, 1.807) is 0 Å². The average Bonchev–Trinajstić information content (AvgIpc) is 2.63. The number of amides is 1. The Morgan fingerprint density at radius 2 is 1.84 bits per heavy atom. The number of carbonyl (C=O) groups excluding carboxylic acids is 1. The van der Waals surface area contributed by atoms with Crippen molar-refractivity contribution in [1.29, 1.82) is 0 Å². The highest BCUT2D eigenvalue weighted by atomic mass is 35.5. The van der Waals surface area contributed by atoms with E-state index >= 15 is 0 Å². The fourth-order valence-electron chi connectivity index (χ4n) is 3.84. The van der Waals surface area contributed by atoms with Gasteiger partial charge in [0.15, 0.2) is 0 Å². The molecule has 2 fully saturated rings. The summed E-state index contributed by atoms with van der Waals surface area (Å²) in [5, 5.41) is 3.35. The number of nitrogens with one attached hydrogen (secondary N) is 1. The van der Waals surface area contributed by atoms with Crippen LogP contribution in [-0.4, -0.2) is 55.0 Å². The fourth-order valence-corrected chi connectivity index (χ4v) is 3.84. The zero-order chi connectivity index (χ0) is 16.1. The molecular formula is C19H31Cl2N3O. The van der Waals surface area contributed by atoms with E-state index in [2.05, 4.69) is 40.5 Å². The molecule has 3 rings (SSSR count). The highest BCUT2D eigenvalue weighted by molar-refractivity contribution is 5.85. The minimum Gasteiger partial charge on any atom is -0.342 e. The molecule has 2 aliphatic heterocycles.